The van der Waals surface area contributed by atoms with E-state index in [0.29, 0.717) is 11.3 Å². The van der Waals surface area contributed by atoms with Crippen molar-refractivity contribution < 1.29 is 13.2 Å². The molecule has 5 aromatic carbocycles. The van der Waals surface area contributed by atoms with Crippen LogP contribution in [0.5, 0.6) is 0 Å². The van der Waals surface area contributed by atoms with Gasteiger partial charge in [-0.2, -0.15) is 0 Å². The zero-order valence-corrected chi connectivity index (χ0v) is 22.7. The Labute approximate surface area is 229 Å². The van der Waals surface area contributed by atoms with Gasteiger partial charge in [-0.15, -0.1) is 0 Å². The van der Waals surface area contributed by atoms with E-state index in [1.54, 1.807) is 12.1 Å². The number of anilines is 1. The van der Waals surface area contributed by atoms with Gasteiger partial charge in [0.05, 0.1) is 23.0 Å². The van der Waals surface area contributed by atoms with Crippen molar-refractivity contribution in [3.8, 4) is 11.1 Å². The summed E-state index contributed by atoms with van der Waals surface area (Å²) in [6.07, 6.45) is 0.0430. The fourth-order valence-corrected chi connectivity index (χ4v) is 6.73. The maximum absolute atomic E-state index is 14.6. The molecule has 1 atom stereocenters. The second-order valence-corrected chi connectivity index (χ2v) is 11.5. The number of carbonyl (C=O) groups is 1. The lowest BCUT2D eigenvalue weighted by Crippen LogP contribution is -2.34. The molecular weight excluding hydrogens is 504 g/mol. The summed E-state index contributed by atoms with van der Waals surface area (Å²) in [7, 11) is -4.03. The molecule has 5 rings (SSSR count). The molecular formula is C33H30N2O3S. The Morgan fingerprint density at radius 2 is 1.41 bits per heavy atom. The lowest BCUT2D eigenvalue weighted by atomic mass is 9.93. The van der Waals surface area contributed by atoms with Gasteiger partial charge in [0, 0.05) is 10.9 Å². The van der Waals surface area contributed by atoms with Crippen LogP contribution in [0.25, 0.3) is 21.9 Å². The van der Waals surface area contributed by atoms with Crippen LogP contribution in [0, 0.1) is 6.92 Å². The van der Waals surface area contributed by atoms with E-state index >= 15 is 0 Å². The molecule has 0 aliphatic carbocycles. The van der Waals surface area contributed by atoms with Gasteiger partial charge in [0.15, 0.2) is 0 Å². The minimum absolute atomic E-state index is 0.0430. The minimum Gasteiger partial charge on any atom is -0.369 e. The Balaban J connectivity index is 1.87. The number of primary amides is 1. The first-order chi connectivity index (χ1) is 18.8. The van der Waals surface area contributed by atoms with E-state index in [0.717, 1.165) is 33.0 Å². The van der Waals surface area contributed by atoms with Gasteiger partial charge < -0.3 is 5.73 Å². The average Bonchev–Trinajstić information content (AvgIpc) is 2.94. The molecule has 0 aromatic heterocycles. The molecule has 0 bridgehead atoms. The predicted octanol–water partition coefficient (Wildman–Crippen LogP) is 6.80. The number of sulfonamides is 1. The average molecular weight is 535 g/mol. The largest absolute Gasteiger partial charge is 0.369 e. The van der Waals surface area contributed by atoms with E-state index < -0.39 is 22.0 Å². The van der Waals surface area contributed by atoms with E-state index in [4.69, 9.17) is 5.73 Å². The first-order valence-corrected chi connectivity index (χ1v) is 14.3. The Kier molecular flexibility index (Phi) is 7.22. The summed E-state index contributed by atoms with van der Waals surface area (Å²) >= 11 is 0. The van der Waals surface area contributed by atoms with Crippen LogP contribution in [-0.4, -0.2) is 14.3 Å². The highest BCUT2D eigenvalue weighted by atomic mass is 32.2. The number of nitrogens with two attached hydrogens (primary N) is 1. The Bertz CT molecular complexity index is 1750. The summed E-state index contributed by atoms with van der Waals surface area (Å²) < 4.78 is 30.7. The van der Waals surface area contributed by atoms with Crippen LogP contribution >= 0.6 is 0 Å². The molecule has 196 valence electrons. The fourth-order valence-electron chi connectivity index (χ4n) is 5.05. The molecule has 0 saturated carbocycles. The van der Waals surface area contributed by atoms with Crippen LogP contribution in [-0.2, 0) is 21.2 Å². The fraction of sp³-hybridized carbons (Fsp3) is 0.121. The van der Waals surface area contributed by atoms with Gasteiger partial charge in [-0.1, -0.05) is 109 Å². The van der Waals surface area contributed by atoms with Crippen molar-refractivity contribution in [2.24, 2.45) is 5.73 Å². The second-order valence-electron chi connectivity index (χ2n) is 9.68. The second kappa shape index (κ2) is 10.8. The van der Waals surface area contributed by atoms with Crippen molar-refractivity contribution in [1.29, 1.82) is 0 Å². The van der Waals surface area contributed by atoms with Gasteiger partial charge in [-0.25, -0.2) is 8.42 Å². The minimum atomic E-state index is -4.03. The number of nitrogens with zero attached hydrogens (tertiary/aromatic N) is 1. The van der Waals surface area contributed by atoms with Crippen LogP contribution in [0.15, 0.2) is 120 Å². The highest BCUT2D eigenvalue weighted by molar-refractivity contribution is 7.92. The van der Waals surface area contributed by atoms with E-state index in [1.165, 1.54) is 4.31 Å². The van der Waals surface area contributed by atoms with Crippen LogP contribution in [0.2, 0.25) is 0 Å². The van der Waals surface area contributed by atoms with E-state index in [2.05, 4.69) is 0 Å². The van der Waals surface area contributed by atoms with Crippen LogP contribution in [0.1, 0.15) is 29.7 Å². The topological polar surface area (TPSA) is 80.5 Å². The van der Waals surface area contributed by atoms with Crippen molar-refractivity contribution in [2.75, 3.05) is 4.31 Å². The summed E-state index contributed by atoms with van der Waals surface area (Å²) in [5.74, 6) is -0.452. The summed E-state index contributed by atoms with van der Waals surface area (Å²) in [6.45, 7) is 3.83. The monoisotopic (exact) mass is 534 g/mol. The maximum atomic E-state index is 14.6. The highest BCUT2D eigenvalue weighted by Gasteiger charge is 2.34. The van der Waals surface area contributed by atoms with Crippen molar-refractivity contribution in [2.45, 2.75) is 31.2 Å². The Morgan fingerprint density at radius 1 is 0.769 bits per heavy atom. The van der Waals surface area contributed by atoms with Crippen LogP contribution < -0.4 is 10.0 Å². The smallest absolute Gasteiger partial charge is 0.264 e. The number of rotatable bonds is 8. The summed E-state index contributed by atoms with van der Waals surface area (Å²) in [4.78, 5) is 12.2. The summed E-state index contributed by atoms with van der Waals surface area (Å²) in [5, 5.41) is 1.70. The normalized spacial score (nSPS) is 12.3. The molecule has 0 spiro atoms. The van der Waals surface area contributed by atoms with Gasteiger partial charge in [0.1, 0.15) is 0 Å². The number of benzene rings is 5. The number of hydrogen-bond donors (Lipinski definition) is 1. The SMILES string of the molecule is Cc1ccc(S(=O)(=O)N(c2c(-c3ccccc3CC(N)=O)ccc3ccccc23)[C@@H](C)c2ccccc2)cc1. The van der Waals surface area contributed by atoms with Gasteiger partial charge in [-0.05, 0) is 48.1 Å². The molecule has 6 heteroatoms. The standard InChI is InChI=1S/C33H30N2O3S/c1-23-16-19-28(20-17-23)39(37,38)35(24(2)25-10-4-3-5-11-25)33-30-15-9-6-12-26(30)18-21-31(33)29-14-8-7-13-27(29)22-32(34)36/h3-21,24H,22H2,1-2H3,(H2,34,36)/t24-/m0/s1. The van der Waals surface area contributed by atoms with Crippen molar-refractivity contribution in [1.82, 2.24) is 0 Å². The van der Waals surface area contributed by atoms with Crippen LogP contribution in [0.4, 0.5) is 5.69 Å². The molecule has 0 unspecified atom stereocenters. The number of carbonyl (C=O) groups excluding carboxylic acids is 1. The quantitative estimate of drug-likeness (QED) is 0.238. The number of fused-ring (bicyclic) bond motifs is 1. The number of hydrogen-bond acceptors (Lipinski definition) is 3. The molecule has 5 aromatic rings. The van der Waals surface area contributed by atoms with Gasteiger partial charge >= 0.3 is 0 Å². The number of aryl methyl sites for hydroxylation is 1. The molecule has 0 saturated heterocycles. The third-order valence-corrected chi connectivity index (χ3v) is 8.89. The van der Waals surface area contributed by atoms with Crippen molar-refractivity contribution >= 4 is 32.4 Å². The van der Waals surface area contributed by atoms with Crippen molar-refractivity contribution in [3.05, 3.63) is 132 Å². The molecule has 39 heavy (non-hydrogen) atoms. The molecule has 0 radical (unpaired) electrons. The predicted molar refractivity (Wildman–Crippen MR) is 158 cm³/mol. The summed E-state index contributed by atoms with van der Waals surface area (Å²) in [6, 6.07) is 35.2. The van der Waals surface area contributed by atoms with E-state index in [9.17, 15) is 13.2 Å². The molecule has 1 amide bonds. The van der Waals surface area contributed by atoms with E-state index in [1.807, 2.05) is 117 Å². The van der Waals surface area contributed by atoms with E-state index in [-0.39, 0.29) is 11.3 Å². The lowest BCUT2D eigenvalue weighted by Gasteiger charge is -2.34. The molecule has 0 aliphatic heterocycles. The first-order valence-electron chi connectivity index (χ1n) is 12.8. The van der Waals surface area contributed by atoms with Gasteiger partial charge in [-0.3, -0.25) is 9.10 Å². The zero-order chi connectivity index (χ0) is 27.6. The third-order valence-electron chi connectivity index (χ3n) is 7.00. The number of amides is 1. The molecule has 0 fully saturated rings. The first kappa shape index (κ1) is 26.2. The molecule has 0 heterocycles. The van der Waals surface area contributed by atoms with Gasteiger partial charge in [0.25, 0.3) is 10.0 Å². The molecule has 2 N–H and O–H groups in total. The summed E-state index contributed by atoms with van der Waals surface area (Å²) in [5.41, 5.74) is 10.2. The van der Waals surface area contributed by atoms with Crippen molar-refractivity contribution in [3.63, 3.8) is 0 Å². The lowest BCUT2D eigenvalue weighted by molar-refractivity contribution is -0.117. The highest BCUT2D eigenvalue weighted by Crippen LogP contribution is 2.44. The maximum Gasteiger partial charge on any atom is 0.264 e. The molecule has 0 aliphatic rings. The Morgan fingerprint density at radius 3 is 2.13 bits per heavy atom. The van der Waals surface area contributed by atoms with Gasteiger partial charge in [0.2, 0.25) is 5.91 Å². The molecule has 5 nitrogen and oxygen atoms in total. The third kappa shape index (κ3) is 5.16. The Hall–Kier alpha value is -4.42. The zero-order valence-electron chi connectivity index (χ0n) is 21.9. The van der Waals surface area contributed by atoms with Crippen LogP contribution in [0.3, 0.4) is 0 Å².